The van der Waals surface area contributed by atoms with Crippen molar-refractivity contribution in [2.24, 2.45) is 5.73 Å². The standard InChI is InChI=1S/C7H17N3S.BrH/c1-4-9-7(8)10(5-2)6(3)11;/h6H,4-5H2,1-3H3,(H3,8,9,11);1H/p+1. The van der Waals surface area contributed by atoms with Crippen molar-refractivity contribution in [3.63, 3.8) is 0 Å². The van der Waals surface area contributed by atoms with Gasteiger partial charge in [0.1, 0.15) is 5.37 Å². The van der Waals surface area contributed by atoms with E-state index in [4.69, 9.17) is 5.73 Å². The summed E-state index contributed by atoms with van der Waals surface area (Å²) in [6, 6.07) is 0. The highest BCUT2D eigenvalue weighted by Crippen LogP contribution is 1.93. The lowest BCUT2D eigenvalue weighted by atomic mass is 10.6. The molecule has 0 aliphatic heterocycles. The predicted octanol–water partition coefficient (Wildman–Crippen LogP) is 0.797. The number of nitrogens with one attached hydrogen (secondary N) is 1. The van der Waals surface area contributed by atoms with Gasteiger partial charge in [0, 0.05) is 0 Å². The summed E-state index contributed by atoms with van der Waals surface area (Å²) in [5.74, 6) is 0.706. The van der Waals surface area contributed by atoms with E-state index in [1.807, 2.05) is 18.4 Å². The predicted molar refractivity (Wildman–Crippen MR) is 62.4 cm³/mol. The molecule has 12 heavy (non-hydrogen) atoms. The molecule has 0 rings (SSSR count). The van der Waals surface area contributed by atoms with Crippen molar-refractivity contribution >= 4 is 35.6 Å². The lowest BCUT2D eigenvalue weighted by Gasteiger charge is -2.11. The van der Waals surface area contributed by atoms with Gasteiger partial charge in [0.25, 0.3) is 0 Å². The molecule has 0 aromatic carbocycles. The lowest BCUT2D eigenvalue weighted by molar-refractivity contribution is -0.537. The molecular weight excluding hydrogens is 238 g/mol. The number of thiol groups is 1. The Bertz CT molecular complexity index is 148. The van der Waals surface area contributed by atoms with Gasteiger partial charge in [0.2, 0.25) is 0 Å². The van der Waals surface area contributed by atoms with Crippen LogP contribution in [0, 0.1) is 0 Å². The van der Waals surface area contributed by atoms with Crippen LogP contribution in [0.3, 0.4) is 0 Å². The van der Waals surface area contributed by atoms with Crippen LogP contribution >= 0.6 is 29.6 Å². The van der Waals surface area contributed by atoms with E-state index in [1.54, 1.807) is 0 Å². The van der Waals surface area contributed by atoms with Crippen LogP contribution in [0.15, 0.2) is 0 Å². The maximum Gasteiger partial charge on any atom is 0.344 e. The van der Waals surface area contributed by atoms with Gasteiger partial charge in [0.15, 0.2) is 0 Å². The highest BCUT2D eigenvalue weighted by Gasteiger charge is 2.08. The summed E-state index contributed by atoms with van der Waals surface area (Å²) in [7, 11) is 0. The Balaban J connectivity index is 0. The summed E-state index contributed by atoms with van der Waals surface area (Å²) in [6.07, 6.45) is 0. The molecule has 3 N–H and O–H groups in total. The van der Waals surface area contributed by atoms with Crippen molar-refractivity contribution in [1.29, 1.82) is 0 Å². The van der Waals surface area contributed by atoms with E-state index < -0.39 is 0 Å². The minimum atomic E-state index is 0. The van der Waals surface area contributed by atoms with E-state index in [2.05, 4.69) is 24.9 Å². The minimum absolute atomic E-state index is 0. The van der Waals surface area contributed by atoms with Crippen molar-refractivity contribution in [3.05, 3.63) is 0 Å². The van der Waals surface area contributed by atoms with Gasteiger partial charge in [-0.2, -0.15) is 0 Å². The first-order valence-electron chi connectivity index (χ1n) is 3.94. The normalized spacial score (nSPS) is 14.3. The van der Waals surface area contributed by atoms with Gasteiger partial charge in [-0.1, -0.05) is 0 Å². The van der Waals surface area contributed by atoms with E-state index >= 15 is 0 Å². The maximum atomic E-state index is 5.72. The van der Waals surface area contributed by atoms with Crippen LogP contribution in [-0.4, -0.2) is 29.0 Å². The fourth-order valence-corrected chi connectivity index (χ4v) is 1.21. The Morgan fingerprint density at radius 2 is 2.08 bits per heavy atom. The van der Waals surface area contributed by atoms with Gasteiger partial charge >= 0.3 is 5.96 Å². The molecule has 0 amide bonds. The van der Waals surface area contributed by atoms with Gasteiger partial charge in [-0.05, 0) is 20.8 Å². The third-order valence-electron chi connectivity index (χ3n) is 1.46. The molecule has 5 heteroatoms. The molecule has 0 aliphatic rings. The molecule has 0 aromatic heterocycles. The zero-order valence-electron chi connectivity index (χ0n) is 7.87. The van der Waals surface area contributed by atoms with Crippen LogP contribution in [0.4, 0.5) is 0 Å². The van der Waals surface area contributed by atoms with Crippen molar-refractivity contribution in [2.45, 2.75) is 26.1 Å². The molecule has 1 unspecified atom stereocenters. The second kappa shape index (κ2) is 7.73. The molecule has 0 heterocycles. The van der Waals surface area contributed by atoms with E-state index in [1.165, 1.54) is 0 Å². The van der Waals surface area contributed by atoms with Crippen LogP contribution in [0.5, 0.6) is 0 Å². The summed E-state index contributed by atoms with van der Waals surface area (Å²) >= 11 is 4.29. The SMILES string of the molecule is Br.CCN/C(N)=[N+](\CC)C(C)S. The van der Waals surface area contributed by atoms with Gasteiger partial charge in [-0.15, -0.1) is 29.6 Å². The Hall–Kier alpha value is 0.1000. The Labute approximate surface area is 90.6 Å². The molecule has 3 nitrogen and oxygen atoms in total. The highest BCUT2D eigenvalue weighted by molar-refractivity contribution is 8.93. The maximum absolute atomic E-state index is 5.72. The molecule has 0 saturated carbocycles. The molecule has 0 fully saturated rings. The molecular formula is C7H19BrN3S+. The molecule has 0 aromatic rings. The number of nitrogens with zero attached hydrogens (tertiary/aromatic N) is 1. The lowest BCUT2D eigenvalue weighted by Crippen LogP contribution is -2.42. The summed E-state index contributed by atoms with van der Waals surface area (Å²) in [5.41, 5.74) is 5.72. The molecule has 0 saturated heterocycles. The summed E-state index contributed by atoms with van der Waals surface area (Å²) in [4.78, 5) is 0. The highest BCUT2D eigenvalue weighted by atomic mass is 79.9. The van der Waals surface area contributed by atoms with Gasteiger partial charge < -0.3 is 0 Å². The van der Waals surface area contributed by atoms with E-state index in [9.17, 15) is 0 Å². The average Bonchev–Trinajstić information content (AvgIpc) is 1.88. The van der Waals surface area contributed by atoms with Crippen molar-refractivity contribution in [2.75, 3.05) is 13.1 Å². The zero-order valence-corrected chi connectivity index (χ0v) is 10.5. The molecule has 1 atom stereocenters. The first kappa shape index (κ1) is 14.6. The summed E-state index contributed by atoms with van der Waals surface area (Å²) in [6.45, 7) is 7.80. The molecule has 0 aliphatic carbocycles. The van der Waals surface area contributed by atoms with Crippen molar-refractivity contribution in [3.8, 4) is 0 Å². The first-order valence-corrected chi connectivity index (χ1v) is 4.46. The number of rotatable bonds is 3. The number of guanidine groups is 1. The Kier molecular flexibility index (Phi) is 9.42. The van der Waals surface area contributed by atoms with Crippen LogP contribution in [0.1, 0.15) is 20.8 Å². The van der Waals surface area contributed by atoms with Crippen molar-refractivity contribution in [1.82, 2.24) is 5.32 Å². The third-order valence-corrected chi connectivity index (χ3v) is 1.74. The largest absolute Gasteiger partial charge is 0.344 e. The second-order valence-corrected chi connectivity index (χ2v) is 3.08. The van der Waals surface area contributed by atoms with E-state index in [-0.39, 0.29) is 22.4 Å². The third kappa shape index (κ3) is 4.87. The molecule has 0 radical (unpaired) electrons. The summed E-state index contributed by atoms with van der Waals surface area (Å²) < 4.78 is 1.99. The topological polar surface area (TPSA) is 41.1 Å². The van der Waals surface area contributed by atoms with E-state index in [0.717, 1.165) is 13.1 Å². The molecule has 74 valence electrons. The molecule has 0 bridgehead atoms. The van der Waals surface area contributed by atoms with Crippen LogP contribution in [0.2, 0.25) is 0 Å². The van der Waals surface area contributed by atoms with E-state index in [0.29, 0.717) is 5.96 Å². The quantitative estimate of drug-likeness (QED) is 0.230. The number of hydrogen-bond acceptors (Lipinski definition) is 1. The minimum Gasteiger partial charge on any atom is -0.291 e. The molecule has 0 spiro atoms. The zero-order chi connectivity index (χ0) is 8.85. The number of halogens is 1. The van der Waals surface area contributed by atoms with Gasteiger partial charge in [-0.25, -0.2) is 0 Å². The average molecular weight is 257 g/mol. The van der Waals surface area contributed by atoms with Gasteiger partial charge in [-0.3, -0.25) is 15.6 Å². The smallest absolute Gasteiger partial charge is 0.291 e. The van der Waals surface area contributed by atoms with Crippen LogP contribution < -0.4 is 11.1 Å². The van der Waals surface area contributed by atoms with Crippen LogP contribution in [0.25, 0.3) is 0 Å². The number of hydrogen-bond donors (Lipinski definition) is 3. The van der Waals surface area contributed by atoms with Crippen LogP contribution in [-0.2, 0) is 0 Å². The second-order valence-electron chi connectivity index (χ2n) is 2.33. The number of nitrogens with two attached hydrogens (primary N) is 1. The fraction of sp³-hybridized carbons (Fsp3) is 0.857. The monoisotopic (exact) mass is 256 g/mol. The first-order chi connectivity index (χ1) is 5.13. The van der Waals surface area contributed by atoms with Gasteiger partial charge in [0.05, 0.1) is 13.1 Å². The fourth-order valence-electron chi connectivity index (χ4n) is 0.919. The Morgan fingerprint density at radius 1 is 1.58 bits per heavy atom. The Morgan fingerprint density at radius 3 is 2.33 bits per heavy atom. The summed E-state index contributed by atoms with van der Waals surface area (Å²) in [5, 5.41) is 3.22. The van der Waals surface area contributed by atoms with Crippen molar-refractivity contribution < 1.29 is 4.58 Å².